The Labute approximate surface area is 275 Å². The summed E-state index contributed by atoms with van der Waals surface area (Å²) in [6, 6.07) is 2.14. The van der Waals surface area contributed by atoms with Gasteiger partial charge in [0.25, 0.3) is 0 Å². The van der Waals surface area contributed by atoms with E-state index in [4.69, 9.17) is 20.7 Å². The summed E-state index contributed by atoms with van der Waals surface area (Å²) in [5.74, 6) is -3.16. The maximum atomic E-state index is 12.3. The molecule has 5 rings (SSSR count). The second-order valence-electron chi connectivity index (χ2n) is 9.76. The Balaban J connectivity index is 0.000000250. The van der Waals surface area contributed by atoms with Crippen LogP contribution in [-0.4, -0.2) is 101 Å². The molecular formula is C24H28KN4O10S+. The van der Waals surface area contributed by atoms with Gasteiger partial charge in [0.15, 0.2) is 12.3 Å². The summed E-state index contributed by atoms with van der Waals surface area (Å²) in [5.41, 5.74) is 6.41. The molecule has 3 amide bonds. The number of ether oxygens (including phenoxy) is 1. The van der Waals surface area contributed by atoms with Gasteiger partial charge >= 0.3 is 63.3 Å². The molecule has 7 N–H and O–H groups in total. The van der Waals surface area contributed by atoms with E-state index < -0.39 is 64.3 Å². The number of aliphatic carboxylic acids is 2. The van der Waals surface area contributed by atoms with E-state index in [2.05, 4.69) is 5.32 Å². The molecule has 0 radical (unpaired) electrons. The molecule has 0 spiro atoms. The molecule has 16 heteroatoms. The Bertz CT molecular complexity index is 1240. The fourth-order valence-electron chi connectivity index (χ4n) is 4.88. The SMILES string of the molecule is CC1(C)S[C@@H]2[C@H](NC(=O)[C@H](N)c3ccc(O)cc3)C(=O)N2[C@H]1C(=O)O.O=C(O)[C@H]1/C(=C/CO)O[C@@H]2CC(=O)N21.[K+]. The number of nitrogens with one attached hydrogen (secondary N) is 1. The smallest absolute Gasteiger partial charge is 0.508 e. The first-order valence-electron chi connectivity index (χ1n) is 11.9. The van der Waals surface area contributed by atoms with Crippen LogP contribution in [-0.2, 0) is 28.7 Å². The number of phenols is 1. The fraction of sp³-hybridized carbons (Fsp3) is 0.458. The number of amides is 3. The van der Waals surface area contributed by atoms with Crippen molar-refractivity contribution in [2.24, 2.45) is 5.73 Å². The summed E-state index contributed by atoms with van der Waals surface area (Å²) >= 11 is 1.35. The van der Waals surface area contributed by atoms with Crippen LogP contribution in [0.25, 0.3) is 0 Å². The second kappa shape index (κ2) is 12.4. The Hall–Kier alpha value is -2.18. The molecule has 1 aromatic carbocycles. The third-order valence-corrected chi connectivity index (χ3v) is 8.37. The second-order valence-corrected chi connectivity index (χ2v) is 11.5. The predicted molar refractivity (Wildman–Crippen MR) is 134 cm³/mol. The number of carbonyl (C=O) groups is 5. The van der Waals surface area contributed by atoms with Gasteiger partial charge in [-0.2, -0.15) is 0 Å². The Kier molecular flexibility index (Phi) is 9.99. The van der Waals surface area contributed by atoms with Gasteiger partial charge in [0.2, 0.25) is 17.7 Å². The van der Waals surface area contributed by atoms with Crippen LogP contribution in [0.5, 0.6) is 5.75 Å². The topological polar surface area (TPSA) is 220 Å². The van der Waals surface area contributed by atoms with Gasteiger partial charge in [-0.3, -0.25) is 19.3 Å². The van der Waals surface area contributed by atoms with Crippen molar-refractivity contribution in [1.29, 1.82) is 0 Å². The molecular weight excluding hydrogens is 575 g/mol. The van der Waals surface area contributed by atoms with Crippen LogP contribution < -0.4 is 62.4 Å². The quantitative estimate of drug-likeness (QED) is 0.135. The summed E-state index contributed by atoms with van der Waals surface area (Å²) in [6.07, 6.45) is 1.03. The van der Waals surface area contributed by atoms with Gasteiger partial charge < -0.3 is 41.1 Å². The van der Waals surface area contributed by atoms with Crippen molar-refractivity contribution in [2.75, 3.05) is 6.61 Å². The molecule has 1 aromatic rings. The maximum Gasteiger partial charge on any atom is 1.00 e. The Morgan fingerprint density at radius 1 is 1.18 bits per heavy atom. The minimum atomic E-state index is -1.14. The number of fused-ring (bicyclic) bond motifs is 2. The van der Waals surface area contributed by atoms with Crippen molar-refractivity contribution in [1.82, 2.24) is 15.1 Å². The van der Waals surface area contributed by atoms with Crippen molar-refractivity contribution in [3.8, 4) is 5.75 Å². The van der Waals surface area contributed by atoms with E-state index in [-0.39, 0.29) is 81.8 Å². The normalized spacial score (nSPS) is 28.9. The average molecular weight is 604 g/mol. The molecule has 40 heavy (non-hydrogen) atoms. The summed E-state index contributed by atoms with van der Waals surface area (Å²) in [4.78, 5) is 60.5. The van der Waals surface area contributed by atoms with Gasteiger partial charge in [0.1, 0.15) is 35.0 Å². The number of carboxylic acid groups (broad SMARTS) is 2. The van der Waals surface area contributed by atoms with Crippen LogP contribution in [0.3, 0.4) is 0 Å². The van der Waals surface area contributed by atoms with E-state index in [1.165, 1.54) is 51.9 Å². The third kappa shape index (κ3) is 5.90. The molecule has 0 aromatic heterocycles. The monoisotopic (exact) mass is 603 g/mol. The van der Waals surface area contributed by atoms with Crippen LogP contribution in [0.2, 0.25) is 0 Å². The van der Waals surface area contributed by atoms with Gasteiger partial charge in [0, 0.05) is 4.75 Å². The largest absolute Gasteiger partial charge is 1.00 e. The summed E-state index contributed by atoms with van der Waals surface area (Å²) in [5, 5.41) is 38.4. The van der Waals surface area contributed by atoms with Crippen LogP contribution in [0.4, 0.5) is 0 Å². The number of carbonyl (C=O) groups excluding carboxylic acids is 3. The van der Waals surface area contributed by atoms with Crippen LogP contribution >= 0.6 is 11.8 Å². The number of thioether (sulfide) groups is 1. The first kappa shape index (κ1) is 32.3. The van der Waals surface area contributed by atoms with Crippen molar-refractivity contribution < 1.29 is 101 Å². The first-order valence-corrected chi connectivity index (χ1v) is 12.8. The number of β-lactam (4-membered cyclic amide) rings is 2. The number of hydrogen-bond donors (Lipinski definition) is 6. The van der Waals surface area contributed by atoms with Gasteiger partial charge in [-0.05, 0) is 37.6 Å². The standard InChI is InChI=1S/C16H19N3O5S.C8H9NO5.K/c1-16(2)11(15(23)24)19-13(22)10(14(19)25-16)18-12(21)9(17)7-3-5-8(20)6-4-7;10-2-1-4-7(8(12)13)9-5(11)3-6(9)14-4;/h3-6,9-11,14,20H,17H2,1-2H3,(H,18,21)(H,23,24);1,6-7,10H,2-3H2,(H,12,13);/q;;+1/b;4-1-;/t9-,10-,11+,14-;6-,7-;/m11./s1. The van der Waals surface area contributed by atoms with Crippen LogP contribution in [0.15, 0.2) is 36.1 Å². The predicted octanol–water partition coefficient (Wildman–Crippen LogP) is -4.07. The summed E-state index contributed by atoms with van der Waals surface area (Å²) in [6.45, 7) is 3.24. The number of rotatable bonds is 6. The molecule has 6 atom stereocenters. The van der Waals surface area contributed by atoms with E-state index in [0.29, 0.717) is 5.56 Å². The average Bonchev–Trinajstić information content (AvgIpc) is 3.31. The zero-order valence-electron chi connectivity index (χ0n) is 21.9. The molecule has 4 heterocycles. The molecule has 0 saturated carbocycles. The van der Waals surface area contributed by atoms with Gasteiger partial charge in [-0.15, -0.1) is 11.8 Å². The van der Waals surface area contributed by atoms with Crippen LogP contribution in [0.1, 0.15) is 31.9 Å². The molecule has 4 aliphatic rings. The summed E-state index contributed by atoms with van der Waals surface area (Å²) < 4.78 is 4.52. The fourth-order valence-corrected chi connectivity index (χ4v) is 6.51. The third-order valence-electron chi connectivity index (χ3n) is 6.80. The molecule has 210 valence electrons. The Morgan fingerprint density at radius 2 is 1.80 bits per heavy atom. The number of carboxylic acids is 2. The van der Waals surface area contributed by atoms with Gasteiger partial charge in [0.05, 0.1) is 13.0 Å². The minimum absolute atomic E-state index is 0. The maximum absolute atomic E-state index is 12.3. The number of aromatic hydroxyl groups is 1. The molecule has 4 saturated heterocycles. The first-order chi connectivity index (χ1) is 18.3. The number of hydrogen-bond acceptors (Lipinski definition) is 10. The van der Waals surface area contributed by atoms with Crippen molar-refractivity contribution in [2.45, 2.75) is 60.8 Å². The summed E-state index contributed by atoms with van der Waals surface area (Å²) in [7, 11) is 0. The minimum Gasteiger partial charge on any atom is -0.508 e. The van der Waals surface area contributed by atoms with Crippen molar-refractivity contribution in [3.05, 3.63) is 41.7 Å². The molecule has 4 fully saturated rings. The number of aliphatic hydroxyl groups is 1. The van der Waals surface area contributed by atoms with Gasteiger partial charge in [-0.25, -0.2) is 9.59 Å². The van der Waals surface area contributed by atoms with E-state index in [1.54, 1.807) is 13.8 Å². The van der Waals surface area contributed by atoms with Gasteiger partial charge in [-0.1, -0.05) is 12.1 Å². The zero-order chi connectivity index (χ0) is 28.8. The van der Waals surface area contributed by atoms with E-state index in [9.17, 15) is 34.2 Å². The van der Waals surface area contributed by atoms with Crippen LogP contribution in [0, 0.1) is 0 Å². The van der Waals surface area contributed by atoms with E-state index in [1.807, 2.05) is 0 Å². The number of phenolic OH excluding ortho intramolecular Hbond substituents is 1. The van der Waals surface area contributed by atoms with Crippen molar-refractivity contribution in [3.63, 3.8) is 0 Å². The molecule has 0 bridgehead atoms. The molecule has 4 aliphatic heterocycles. The molecule has 0 unspecified atom stereocenters. The Morgan fingerprint density at radius 3 is 2.33 bits per heavy atom. The van der Waals surface area contributed by atoms with Crippen molar-refractivity contribution >= 4 is 41.4 Å². The van der Waals surface area contributed by atoms with E-state index in [0.717, 1.165) is 0 Å². The zero-order valence-corrected chi connectivity index (χ0v) is 25.8. The molecule has 0 aliphatic carbocycles. The number of benzene rings is 1. The molecule has 14 nitrogen and oxygen atoms in total. The number of aliphatic hydroxyl groups excluding tert-OH is 1. The van der Waals surface area contributed by atoms with E-state index >= 15 is 0 Å². The number of nitrogens with two attached hydrogens (primary N) is 1. The number of nitrogens with zero attached hydrogens (tertiary/aromatic N) is 2.